The minimum Gasteiger partial charge on any atom is -0.347 e. The first-order chi connectivity index (χ1) is 12.9. The summed E-state index contributed by atoms with van der Waals surface area (Å²) in [6.45, 7) is 8.43. The summed E-state index contributed by atoms with van der Waals surface area (Å²) in [6, 6.07) is 17.9. The van der Waals surface area contributed by atoms with Gasteiger partial charge in [0.15, 0.2) is 0 Å². The summed E-state index contributed by atoms with van der Waals surface area (Å²) in [7, 11) is 2.07. The van der Waals surface area contributed by atoms with Gasteiger partial charge < -0.3 is 4.90 Å². The summed E-state index contributed by atoms with van der Waals surface area (Å²) in [5, 5.41) is 4.26. The molecule has 0 atom stereocenters. The van der Waals surface area contributed by atoms with Crippen LogP contribution in [0.5, 0.6) is 0 Å². The van der Waals surface area contributed by atoms with Gasteiger partial charge >= 0.3 is 0 Å². The van der Waals surface area contributed by atoms with Crippen molar-refractivity contribution >= 4 is 18.3 Å². The van der Waals surface area contributed by atoms with E-state index in [1.54, 1.807) is 0 Å². The molecule has 0 saturated heterocycles. The van der Waals surface area contributed by atoms with Crippen molar-refractivity contribution in [1.82, 2.24) is 9.78 Å². The molecule has 0 radical (unpaired) electrons. The molecule has 4 nitrogen and oxygen atoms in total. The smallest absolute Gasteiger partial charge is 0.279 e. The van der Waals surface area contributed by atoms with Crippen LogP contribution < -0.4 is 21.0 Å². The van der Waals surface area contributed by atoms with Crippen LogP contribution in [-0.2, 0) is 5.41 Å². The van der Waals surface area contributed by atoms with E-state index < -0.39 is 0 Å². The Morgan fingerprint density at radius 2 is 1.67 bits per heavy atom. The van der Waals surface area contributed by atoms with E-state index in [1.165, 1.54) is 15.9 Å². The lowest BCUT2D eigenvalue weighted by molar-refractivity contribution is 0.641. The Morgan fingerprint density at radius 1 is 1.00 bits per heavy atom. The lowest BCUT2D eigenvalue weighted by atomic mass is 9.84. The third-order valence-corrected chi connectivity index (χ3v) is 5.37. The van der Waals surface area contributed by atoms with Crippen LogP contribution in [0.4, 0.5) is 5.69 Å². The van der Waals surface area contributed by atoms with E-state index in [0.29, 0.717) is 10.6 Å². The molecule has 0 aliphatic carbocycles. The minimum absolute atomic E-state index is 0.0981. The first-order valence-electron chi connectivity index (χ1n) is 9.02. The van der Waals surface area contributed by atoms with Crippen LogP contribution in [0.1, 0.15) is 19.4 Å². The summed E-state index contributed by atoms with van der Waals surface area (Å²) in [6.07, 6.45) is 3.91. The molecule has 1 aliphatic heterocycles. The van der Waals surface area contributed by atoms with Gasteiger partial charge in [-0.2, -0.15) is 0 Å². The van der Waals surface area contributed by atoms with Gasteiger partial charge in [-0.1, -0.05) is 56.8 Å². The van der Waals surface area contributed by atoms with Gasteiger partial charge in [-0.15, -0.1) is 0 Å². The number of nitrogens with zero attached hydrogens (tertiary/aromatic N) is 2. The number of aromatic nitrogens is 2. The normalized spacial score (nSPS) is 17.5. The summed E-state index contributed by atoms with van der Waals surface area (Å²) in [5.74, 6) is 0. The van der Waals surface area contributed by atoms with Crippen LogP contribution in [0.2, 0.25) is 0 Å². The number of fused-ring (bicyclic) bond motifs is 1. The molecule has 1 N–H and O–H groups in total. The van der Waals surface area contributed by atoms with E-state index >= 15 is 0 Å². The molecule has 0 bridgehead atoms. The molecule has 0 saturated carbocycles. The molecule has 3 aromatic rings. The van der Waals surface area contributed by atoms with Gasteiger partial charge in [0.05, 0.1) is 16.3 Å². The van der Waals surface area contributed by atoms with Crippen molar-refractivity contribution in [1.29, 1.82) is 0 Å². The zero-order valence-corrected chi connectivity index (χ0v) is 15.9. The Balaban J connectivity index is 1.84. The van der Waals surface area contributed by atoms with Crippen LogP contribution in [0.3, 0.4) is 0 Å². The van der Waals surface area contributed by atoms with Gasteiger partial charge in [-0.05, 0) is 35.9 Å². The standard InChI is InChI=1S/C23H23N3O/c1-16-18(22(27)26(24-16)17-10-6-5-7-11-17)14-15-21-23(2,3)19-12-8-9-13-20(19)25(21)4/h5-15,24H,1H2,2-4H3. The number of nitrogens with one attached hydrogen (secondary N) is 1. The van der Waals surface area contributed by atoms with Gasteiger partial charge in [0, 0.05) is 23.8 Å². The second-order valence-corrected chi connectivity index (χ2v) is 7.40. The van der Waals surface area contributed by atoms with Crippen LogP contribution in [0, 0.1) is 0 Å². The first-order valence-corrected chi connectivity index (χ1v) is 9.02. The molecule has 2 aromatic carbocycles. The predicted molar refractivity (Wildman–Crippen MR) is 112 cm³/mol. The van der Waals surface area contributed by atoms with E-state index in [4.69, 9.17) is 0 Å². The van der Waals surface area contributed by atoms with Gasteiger partial charge in [0.25, 0.3) is 5.56 Å². The number of para-hydroxylation sites is 2. The topological polar surface area (TPSA) is 41.0 Å². The van der Waals surface area contributed by atoms with E-state index in [0.717, 1.165) is 11.4 Å². The van der Waals surface area contributed by atoms with E-state index in [9.17, 15) is 4.79 Å². The van der Waals surface area contributed by atoms with Gasteiger partial charge in [-0.3, -0.25) is 9.89 Å². The summed E-state index contributed by atoms with van der Waals surface area (Å²) >= 11 is 0. The third kappa shape index (κ3) is 2.65. The molecule has 0 amide bonds. The van der Waals surface area contributed by atoms with E-state index in [2.05, 4.69) is 61.7 Å². The quantitative estimate of drug-likeness (QED) is 0.766. The molecule has 0 fully saturated rings. The Hall–Kier alpha value is -3.27. The average Bonchev–Trinajstić information content (AvgIpc) is 3.06. The number of H-pyrrole nitrogens is 1. The monoisotopic (exact) mass is 357 g/mol. The summed E-state index contributed by atoms with van der Waals surface area (Å²) < 4.78 is 1.53. The fourth-order valence-corrected chi connectivity index (χ4v) is 3.89. The molecule has 27 heavy (non-hydrogen) atoms. The lowest BCUT2D eigenvalue weighted by Crippen LogP contribution is -2.34. The van der Waals surface area contributed by atoms with Crippen molar-refractivity contribution < 1.29 is 0 Å². The number of allylic oxidation sites excluding steroid dienone is 2. The largest absolute Gasteiger partial charge is 0.347 e. The number of rotatable bonds is 2. The van der Waals surface area contributed by atoms with Gasteiger partial charge in [0.1, 0.15) is 0 Å². The maximum absolute atomic E-state index is 12.9. The molecule has 2 heterocycles. The highest BCUT2D eigenvalue weighted by Crippen LogP contribution is 2.46. The molecule has 4 rings (SSSR count). The Kier molecular flexibility index (Phi) is 3.92. The second kappa shape index (κ2) is 6.16. The predicted octanol–water partition coefficient (Wildman–Crippen LogP) is 2.67. The maximum Gasteiger partial charge on any atom is 0.279 e. The Bertz CT molecular complexity index is 1200. The van der Waals surface area contributed by atoms with Crippen molar-refractivity contribution in [3.63, 3.8) is 0 Å². The van der Waals surface area contributed by atoms with Crippen molar-refractivity contribution in [3.05, 3.63) is 92.9 Å². The average molecular weight is 357 g/mol. The van der Waals surface area contributed by atoms with Gasteiger partial charge in [0.2, 0.25) is 0 Å². The SMILES string of the molecule is C=c1[nH]n(-c2ccccc2)c(=O)c1=CC=C1N(C)c2ccccc2C1(C)C. The minimum atomic E-state index is -0.127. The molecular weight excluding hydrogens is 334 g/mol. The van der Waals surface area contributed by atoms with Crippen LogP contribution in [0.25, 0.3) is 18.3 Å². The molecule has 4 heteroatoms. The van der Waals surface area contributed by atoms with E-state index in [-0.39, 0.29) is 11.0 Å². The summed E-state index contributed by atoms with van der Waals surface area (Å²) in [5.41, 5.74) is 4.21. The molecular formula is C23H23N3O. The molecule has 136 valence electrons. The highest BCUT2D eigenvalue weighted by molar-refractivity contribution is 5.71. The Labute approximate surface area is 158 Å². The lowest BCUT2D eigenvalue weighted by Gasteiger charge is -2.23. The molecule has 1 aromatic heterocycles. The van der Waals surface area contributed by atoms with Crippen molar-refractivity contribution in [2.45, 2.75) is 19.3 Å². The molecule has 1 aliphatic rings. The highest BCUT2D eigenvalue weighted by Gasteiger charge is 2.37. The molecule has 0 spiro atoms. The van der Waals surface area contributed by atoms with Crippen LogP contribution in [0.15, 0.2) is 71.2 Å². The maximum atomic E-state index is 12.9. The zero-order chi connectivity index (χ0) is 19.2. The summed E-state index contributed by atoms with van der Waals surface area (Å²) in [4.78, 5) is 15.1. The number of benzene rings is 2. The fraction of sp³-hybridized carbons (Fsp3) is 0.174. The van der Waals surface area contributed by atoms with Crippen molar-refractivity contribution in [3.8, 4) is 5.69 Å². The van der Waals surface area contributed by atoms with Crippen LogP contribution in [-0.4, -0.2) is 16.8 Å². The van der Waals surface area contributed by atoms with Crippen LogP contribution >= 0.6 is 0 Å². The highest BCUT2D eigenvalue weighted by atomic mass is 16.1. The number of likely N-dealkylation sites (N-methyl/N-ethyl adjacent to an activating group) is 1. The zero-order valence-electron chi connectivity index (χ0n) is 15.9. The fourth-order valence-electron chi connectivity index (χ4n) is 3.89. The second-order valence-electron chi connectivity index (χ2n) is 7.40. The van der Waals surface area contributed by atoms with Crippen molar-refractivity contribution in [2.75, 3.05) is 11.9 Å². The number of hydrogen-bond donors (Lipinski definition) is 1. The number of hydrogen-bond acceptors (Lipinski definition) is 2. The van der Waals surface area contributed by atoms with Gasteiger partial charge in [-0.25, -0.2) is 4.68 Å². The van der Waals surface area contributed by atoms with Crippen molar-refractivity contribution in [2.24, 2.45) is 0 Å². The first kappa shape index (κ1) is 17.2. The Morgan fingerprint density at radius 3 is 2.37 bits per heavy atom. The van der Waals surface area contributed by atoms with E-state index in [1.807, 2.05) is 42.5 Å². The number of anilines is 1. The molecule has 0 unspecified atom stereocenters. The number of aromatic amines is 1. The third-order valence-electron chi connectivity index (χ3n) is 5.37.